The molecule has 1 heterocycles. The van der Waals surface area contributed by atoms with Crippen LogP contribution in [-0.4, -0.2) is 30.4 Å². The number of hydrogen-bond acceptors (Lipinski definition) is 3. The van der Waals surface area contributed by atoms with Gasteiger partial charge in [-0.1, -0.05) is 74.5 Å². The van der Waals surface area contributed by atoms with Crippen molar-refractivity contribution in [2.75, 3.05) is 13.7 Å². The maximum absolute atomic E-state index is 13.1. The fraction of sp³-hybridized carbons (Fsp3) is 0.333. The van der Waals surface area contributed by atoms with Gasteiger partial charge in [0.2, 0.25) is 5.91 Å². The molecule has 4 nitrogen and oxygen atoms in total. The molecule has 0 spiro atoms. The maximum Gasteiger partial charge on any atom is 0.318 e. The van der Waals surface area contributed by atoms with Crippen LogP contribution in [0.4, 0.5) is 0 Å². The van der Waals surface area contributed by atoms with Crippen LogP contribution < -0.4 is 0 Å². The largest absolute Gasteiger partial charge is 0.468 e. The monoisotopic (exact) mass is 337 g/mol. The van der Waals surface area contributed by atoms with Gasteiger partial charge < -0.3 is 9.64 Å². The summed E-state index contributed by atoms with van der Waals surface area (Å²) in [6.45, 7) is 4.39. The first kappa shape index (κ1) is 17.2. The van der Waals surface area contributed by atoms with Gasteiger partial charge in [-0.05, 0) is 11.1 Å². The van der Waals surface area contributed by atoms with E-state index in [2.05, 4.69) is 0 Å². The number of nitrogens with zero attached hydrogens (tertiary/aromatic N) is 1. The molecular formula is C21H23NO3. The Morgan fingerprint density at radius 3 is 1.96 bits per heavy atom. The summed E-state index contributed by atoms with van der Waals surface area (Å²) in [6.07, 6.45) is 0. The Balaban J connectivity index is 2.06. The Kier molecular flexibility index (Phi) is 4.62. The number of carbonyl (C=O) groups excluding carboxylic acids is 2. The van der Waals surface area contributed by atoms with Crippen molar-refractivity contribution in [3.05, 3.63) is 71.8 Å². The van der Waals surface area contributed by atoms with E-state index in [-0.39, 0.29) is 11.9 Å². The van der Waals surface area contributed by atoms with Crippen LogP contribution in [0.15, 0.2) is 60.7 Å². The Hall–Kier alpha value is -2.62. The molecule has 1 aliphatic rings. The van der Waals surface area contributed by atoms with Crippen LogP contribution in [0.25, 0.3) is 0 Å². The van der Waals surface area contributed by atoms with Crippen LogP contribution in [0.5, 0.6) is 0 Å². The minimum Gasteiger partial charge on any atom is -0.468 e. The van der Waals surface area contributed by atoms with E-state index in [1.807, 2.05) is 79.4 Å². The van der Waals surface area contributed by atoms with Crippen molar-refractivity contribution >= 4 is 11.9 Å². The molecule has 25 heavy (non-hydrogen) atoms. The topological polar surface area (TPSA) is 46.6 Å². The number of amides is 1. The second-order valence-electron chi connectivity index (χ2n) is 7.13. The number of carbonyl (C=O) groups is 2. The van der Waals surface area contributed by atoms with E-state index in [1.165, 1.54) is 7.11 Å². The van der Waals surface area contributed by atoms with E-state index in [1.54, 1.807) is 0 Å². The van der Waals surface area contributed by atoms with Gasteiger partial charge in [-0.15, -0.1) is 0 Å². The number of benzene rings is 2. The number of esters is 1. The Bertz CT molecular complexity index is 716. The second-order valence-corrected chi connectivity index (χ2v) is 7.13. The first-order valence-electron chi connectivity index (χ1n) is 8.44. The van der Waals surface area contributed by atoms with E-state index >= 15 is 0 Å². The maximum atomic E-state index is 13.1. The van der Waals surface area contributed by atoms with Crippen LogP contribution in [0.3, 0.4) is 0 Å². The van der Waals surface area contributed by atoms with Crippen LogP contribution in [0.2, 0.25) is 0 Å². The third-order valence-electron chi connectivity index (χ3n) is 4.87. The molecule has 2 aromatic rings. The van der Waals surface area contributed by atoms with Crippen molar-refractivity contribution in [3.63, 3.8) is 0 Å². The molecule has 1 amide bonds. The summed E-state index contributed by atoms with van der Waals surface area (Å²) < 4.78 is 4.89. The fourth-order valence-electron chi connectivity index (χ4n) is 3.69. The minimum atomic E-state index is -0.771. The van der Waals surface area contributed by atoms with Crippen LogP contribution in [-0.2, 0) is 14.3 Å². The smallest absolute Gasteiger partial charge is 0.318 e. The highest BCUT2D eigenvalue weighted by Crippen LogP contribution is 2.43. The number of likely N-dealkylation sites (tertiary alicyclic amines) is 1. The zero-order chi connectivity index (χ0) is 18.0. The molecule has 2 aromatic carbocycles. The van der Waals surface area contributed by atoms with Crippen molar-refractivity contribution in [2.45, 2.75) is 19.9 Å². The molecule has 0 saturated carbocycles. The van der Waals surface area contributed by atoms with Crippen molar-refractivity contribution in [3.8, 4) is 0 Å². The Morgan fingerprint density at radius 2 is 1.52 bits per heavy atom. The van der Waals surface area contributed by atoms with Gasteiger partial charge in [0.05, 0.1) is 13.2 Å². The zero-order valence-corrected chi connectivity index (χ0v) is 14.8. The third-order valence-corrected chi connectivity index (χ3v) is 4.87. The van der Waals surface area contributed by atoms with Crippen molar-refractivity contribution in [1.29, 1.82) is 0 Å². The Morgan fingerprint density at radius 1 is 1.04 bits per heavy atom. The molecule has 130 valence electrons. The minimum absolute atomic E-state index is 0.172. The van der Waals surface area contributed by atoms with Crippen LogP contribution in [0.1, 0.15) is 31.0 Å². The van der Waals surface area contributed by atoms with Gasteiger partial charge in [-0.25, -0.2) is 0 Å². The first-order valence-corrected chi connectivity index (χ1v) is 8.44. The van der Waals surface area contributed by atoms with Crippen LogP contribution in [0, 0.1) is 11.3 Å². The molecule has 1 atom stereocenters. The molecule has 0 bridgehead atoms. The summed E-state index contributed by atoms with van der Waals surface area (Å²) in [5.74, 6) is -1.40. The summed E-state index contributed by atoms with van der Waals surface area (Å²) in [6, 6.07) is 19.6. The highest BCUT2D eigenvalue weighted by Gasteiger charge is 2.53. The molecule has 0 aromatic heterocycles. The summed E-state index contributed by atoms with van der Waals surface area (Å²) in [4.78, 5) is 27.2. The predicted molar refractivity (Wildman–Crippen MR) is 95.7 cm³/mol. The molecule has 1 aliphatic heterocycles. The van der Waals surface area contributed by atoms with Crippen molar-refractivity contribution < 1.29 is 14.3 Å². The number of ether oxygens (including phenoxy) is 1. The number of methoxy groups -OCH3 is 1. The molecule has 3 rings (SSSR count). The average Bonchev–Trinajstić information content (AvgIpc) is 2.85. The summed E-state index contributed by atoms with van der Waals surface area (Å²) in [7, 11) is 1.33. The fourth-order valence-corrected chi connectivity index (χ4v) is 3.69. The molecular weight excluding hydrogens is 314 g/mol. The summed E-state index contributed by atoms with van der Waals surface area (Å²) >= 11 is 0. The molecule has 0 radical (unpaired) electrons. The second kappa shape index (κ2) is 6.71. The zero-order valence-electron chi connectivity index (χ0n) is 14.8. The molecule has 4 heteroatoms. The van der Waals surface area contributed by atoms with E-state index in [0.29, 0.717) is 6.54 Å². The highest BCUT2D eigenvalue weighted by molar-refractivity contribution is 6.00. The van der Waals surface area contributed by atoms with Gasteiger partial charge in [-0.3, -0.25) is 9.59 Å². The normalized spacial score (nSPS) is 19.3. The van der Waals surface area contributed by atoms with Gasteiger partial charge in [-0.2, -0.15) is 0 Å². The Labute approximate surface area is 148 Å². The molecule has 1 saturated heterocycles. The van der Waals surface area contributed by atoms with Crippen molar-refractivity contribution in [2.24, 2.45) is 11.3 Å². The average molecular weight is 337 g/mol. The van der Waals surface area contributed by atoms with Gasteiger partial charge in [0.25, 0.3) is 0 Å². The van der Waals surface area contributed by atoms with Gasteiger partial charge in [0, 0.05) is 12.0 Å². The summed E-state index contributed by atoms with van der Waals surface area (Å²) in [5, 5.41) is 0. The highest BCUT2D eigenvalue weighted by atomic mass is 16.5. The molecule has 0 aliphatic carbocycles. The lowest BCUT2D eigenvalue weighted by Gasteiger charge is -2.30. The lowest BCUT2D eigenvalue weighted by Crippen LogP contribution is -2.35. The van der Waals surface area contributed by atoms with E-state index in [9.17, 15) is 9.59 Å². The van der Waals surface area contributed by atoms with E-state index < -0.39 is 17.3 Å². The molecule has 0 N–H and O–H groups in total. The standard InChI is InChI=1S/C21H23NO3/c1-21(2)14-22(19(23)17(21)20(24)25-3)18(15-10-6-4-7-11-15)16-12-8-5-9-13-16/h4-13,17-18H,14H2,1-3H3. The first-order chi connectivity index (χ1) is 12.0. The summed E-state index contributed by atoms with van der Waals surface area (Å²) in [5.41, 5.74) is 1.58. The third kappa shape index (κ3) is 3.16. The van der Waals surface area contributed by atoms with Crippen molar-refractivity contribution in [1.82, 2.24) is 4.90 Å². The van der Waals surface area contributed by atoms with Gasteiger partial charge >= 0.3 is 5.97 Å². The lowest BCUT2D eigenvalue weighted by atomic mass is 9.82. The molecule has 1 unspecified atom stereocenters. The number of hydrogen-bond donors (Lipinski definition) is 0. The quantitative estimate of drug-likeness (QED) is 0.634. The van der Waals surface area contributed by atoms with E-state index in [4.69, 9.17) is 4.74 Å². The lowest BCUT2D eigenvalue weighted by molar-refractivity contribution is -0.153. The SMILES string of the molecule is COC(=O)C1C(=O)N(C(c2ccccc2)c2ccccc2)CC1(C)C. The predicted octanol–water partition coefficient (Wildman–Crippen LogP) is 3.43. The van der Waals surface area contributed by atoms with Crippen LogP contribution >= 0.6 is 0 Å². The van der Waals surface area contributed by atoms with Gasteiger partial charge in [0.15, 0.2) is 0 Å². The molecule has 1 fully saturated rings. The van der Waals surface area contributed by atoms with E-state index in [0.717, 1.165) is 11.1 Å². The number of rotatable bonds is 4. The van der Waals surface area contributed by atoms with Gasteiger partial charge in [0.1, 0.15) is 5.92 Å².